The van der Waals surface area contributed by atoms with Crippen molar-refractivity contribution in [2.45, 2.75) is 56.4 Å². The summed E-state index contributed by atoms with van der Waals surface area (Å²) in [6.45, 7) is 7.70. The van der Waals surface area contributed by atoms with Crippen molar-refractivity contribution in [2.24, 2.45) is 0 Å². The fourth-order valence-corrected chi connectivity index (χ4v) is 7.31. The van der Waals surface area contributed by atoms with E-state index in [-0.39, 0.29) is 11.9 Å². The van der Waals surface area contributed by atoms with E-state index in [4.69, 9.17) is 19.8 Å². The Morgan fingerprint density at radius 1 is 1.02 bits per heavy atom. The number of hydrogen-bond acceptors (Lipinski definition) is 11. The number of hydrogen-bond donors (Lipinski definition) is 1. The highest BCUT2D eigenvalue weighted by Gasteiger charge is 2.46. The Labute approximate surface area is 263 Å². The van der Waals surface area contributed by atoms with Crippen molar-refractivity contribution in [1.82, 2.24) is 29.9 Å². The van der Waals surface area contributed by atoms with E-state index in [1.807, 2.05) is 29.6 Å². The van der Waals surface area contributed by atoms with Crippen LogP contribution in [0.4, 0.5) is 17.5 Å². The minimum absolute atomic E-state index is 0.0328. The quantitative estimate of drug-likeness (QED) is 0.301. The second-order valence-electron chi connectivity index (χ2n) is 12.5. The second kappa shape index (κ2) is 11.2. The van der Waals surface area contributed by atoms with Crippen molar-refractivity contribution >= 4 is 51.0 Å². The molecular weight excluding hydrogens is 594 g/mol. The molecule has 6 heterocycles. The van der Waals surface area contributed by atoms with Gasteiger partial charge >= 0.3 is 0 Å². The van der Waals surface area contributed by atoms with Gasteiger partial charge in [-0.05, 0) is 68.2 Å². The number of benzene rings is 1. The van der Waals surface area contributed by atoms with Gasteiger partial charge in [0.05, 0.1) is 30.5 Å². The van der Waals surface area contributed by atoms with E-state index in [1.54, 1.807) is 0 Å². The number of rotatable bonds is 7. The molecule has 14 heteroatoms. The standard InChI is InChI=1S/C31H37N9O4S/c1-20-6-4-7-21-27(20)29(34-28(32-21)30(41)35-31(9-10-31)45(42)43)39-13-3-2-8-23(39)22-18-25-33-24(37-11-5-12-37)19-26(40(25)36-22)38-14-16-44-17-15-38/h4,6-7,18-19,23H,2-3,5,8-17H2,1H3,(H,35,41)(H,42,43)/p-1. The molecule has 0 spiro atoms. The van der Waals surface area contributed by atoms with E-state index >= 15 is 0 Å². The lowest BCUT2D eigenvalue weighted by Crippen LogP contribution is -2.41. The van der Waals surface area contributed by atoms with Gasteiger partial charge in [-0.2, -0.15) is 9.61 Å². The lowest BCUT2D eigenvalue weighted by Gasteiger charge is -2.36. The van der Waals surface area contributed by atoms with Gasteiger partial charge in [-0.1, -0.05) is 12.1 Å². The summed E-state index contributed by atoms with van der Waals surface area (Å²) in [4.78, 5) is 33.5. The van der Waals surface area contributed by atoms with E-state index in [0.29, 0.717) is 37.4 Å². The molecule has 2 atom stereocenters. The van der Waals surface area contributed by atoms with E-state index in [1.165, 1.54) is 6.42 Å². The summed E-state index contributed by atoms with van der Waals surface area (Å²) in [5, 5.41) is 8.75. The highest BCUT2D eigenvalue weighted by Crippen LogP contribution is 2.40. The number of ether oxygens (including phenoxy) is 1. The van der Waals surface area contributed by atoms with Crippen LogP contribution in [0.2, 0.25) is 0 Å². The van der Waals surface area contributed by atoms with Gasteiger partial charge in [0, 0.05) is 50.2 Å². The van der Waals surface area contributed by atoms with Crippen LogP contribution in [0.25, 0.3) is 16.6 Å². The van der Waals surface area contributed by atoms with Crippen LogP contribution in [-0.4, -0.2) is 90.0 Å². The molecule has 45 heavy (non-hydrogen) atoms. The van der Waals surface area contributed by atoms with Gasteiger partial charge in [0.2, 0.25) is 5.82 Å². The van der Waals surface area contributed by atoms with Crippen LogP contribution in [0.1, 0.15) is 66.4 Å². The van der Waals surface area contributed by atoms with Crippen molar-refractivity contribution < 1.29 is 18.3 Å². The number of aryl methyl sites for hydroxylation is 1. The highest BCUT2D eigenvalue weighted by molar-refractivity contribution is 7.81. The van der Waals surface area contributed by atoms with Crippen LogP contribution in [0.5, 0.6) is 0 Å². The predicted molar refractivity (Wildman–Crippen MR) is 169 cm³/mol. The average Bonchev–Trinajstić information content (AvgIpc) is 3.69. The first-order chi connectivity index (χ1) is 21.9. The fourth-order valence-electron chi connectivity index (χ4n) is 6.69. The van der Waals surface area contributed by atoms with Gasteiger partial charge in [0.25, 0.3) is 5.91 Å². The van der Waals surface area contributed by atoms with Crippen LogP contribution >= 0.6 is 0 Å². The summed E-state index contributed by atoms with van der Waals surface area (Å²) in [5.74, 6) is 2.05. The molecule has 3 saturated heterocycles. The molecule has 0 radical (unpaired) electrons. The Balaban J connectivity index is 1.22. The molecule has 3 aliphatic heterocycles. The van der Waals surface area contributed by atoms with Gasteiger partial charge in [-0.3, -0.25) is 9.00 Å². The monoisotopic (exact) mass is 630 g/mol. The van der Waals surface area contributed by atoms with Crippen molar-refractivity contribution in [2.75, 3.05) is 60.6 Å². The van der Waals surface area contributed by atoms with Gasteiger partial charge in [0.1, 0.15) is 22.3 Å². The van der Waals surface area contributed by atoms with Crippen LogP contribution < -0.4 is 20.0 Å². The summed E-state index contributed by atoms with van der Waals surface area (Å²) >= 11 is -2.42. The SMILES string of the molecule is Cc1cccc2nc(C(=O)NC3(S(=O)[O-])CC3)nc(N3CCCCC3c3cc4nc(N5CCC5)cc(N5CCOCC5)n4n3)c12. The smallest absolute Gasteiger partial charge is 0.290 e. The van der Waals surface area contributed by atoms with Crippen molar-refractivity contribution in [3.05, 3.63) is 47.4 Å². The van der Waals surface area contributed by atoms with Gasteiger partial charge in [-0.15, -0.1) is 0 Å². The maximum atomic E-state index is 13.4. The van der Waals surface area contributed by atoms with Crippen LogP contribution in [0.3, 0.4) is 0 Å². The summed E-state index contributed by atoms with van der Waals surface area (Å²) < 4.78 is 31.2. The Hall–Kier alpha value is -3.88. The molecule has 3 aromatic heterocycles. The third-order valence-electron chi connectivity index (χ3n) is 9.53. The van der Waals surface area contributed by atoms with Gasteiger partial charge in [0.15, 0.2) is 5.65 Å². The van der Waals surface area contributed by atoms with Crippen molar-refractivity contribution in [1.29, 1.82) is 0 Å². The molecule has 4 fully saturated rings. The summed E-state index contributed by atoms with van der Waals surface area (Å²) in [6.07, 6.45) is 4.81. The third-order valence-corrected chi connectivity index (χ3v) is 10.7. The molecule has 8 rings (SSSR count). The molecule has 1 aliphatic carbocycles. The van der Waals surface area contributed by atoms with E-state index in [9.17, 15) is 13.6 Å². The number of aromatic nitrogens is 5. The molecule has 1 aromatic carbocycles. The summed E-state index contributed by atoms with van der Waals surface area (Å²) in [5.41, 5.74) is 3.37. The first-order valence-electron chi connectivity index (χ1n) is 15.8. The molecule has 1 amide bonds. The summed E-state index contributed by atoms with van der Waals surface area (Å²) in [7, 11) is 0. The van der Waals surface area contributed by atoms with E-state index in [2.05, 4.69) is 37.1 Å². The Bertz CT molecular complexity index is 1820. The van der Waals surface area contributed by atoms with Gasteiger partial charge < -0.3 is 29.3 Å². The Kier molecular flexibility index (Phi) is 7.10. The number of anilines is 3. The number of nitrogens with one attached hydrogen (secondary N) is 1. The zero-order valence-electron chi connectivity index (χ0n) is 25.3. The summed E-state index contributed by atoms with van der Waals surface area (Å²) in [6, 6.07) is 9.97. The Morgan fingerprint density at radius 3 is 2.58 bits per heavy atom. The molecular formula is C31H36N9O4S-. The van der Waals surface area contributed by atoms with Crippen LogP contribution in [0.15, 0.2) is 30.3 Å². The minimum atomic E-state index is -2.42. The Morgan fingerprint density at radius 2 is 1.84 bits per heavy atom. The average molecular weight is 631 g/mol. The number of carbonyl (C=O) groups excluding carboxylic acids is 1. The third kappa shape index (κ3) is 5.08. The molecule has 4 aliphatic rings. The number of morpholine rings is 1. The van der Waals surface area contributed by atoms with Gasteiger partial charge in [-0.25, -0.2) is 15.0 Å². The number of carbonyl (C=O) groups is 1. The molecule has 13 nitrogen and oxygen atoms in total. The van der Waals surface area contributed by atoms with Crippen LogP contribution in [-0.2, 0) is 15.8 Å². The number of nitrogens with zero attached hydrogens (tertiary/aromatic N) is 8. The van der Waals surface area contributed by atoms with E-state index < -0.39 is 21.9 Å². The molecule has 1 N–H and O–H groups in total. The first-order valence-corrected chi connectivity index (χ1v) is 16.9. The number of piperidine rings is 1. The molecule has 1 saturated carbocycles. The molecule has 236 valence electrons. The molecule has 2 unspecified atom stereocenters. The molecule has 4 aromatic rings. The lowest BCUT2D eigenvalue weighted by atomic mass is 9.98. The number of amides is 1. The molecule has 0 bridgehead atoms. The van der Waals surface area contributed by atoms with Crippen molar-refractivity contribution in [3.63, 3.8) is 0 Å². The topological polar surface area (TPSA) is 144 Å². The van der Waals surface area contributed by atoms with E-state index in [0.717, 1.165) is 85.9 Å². The normalized spacial score (nSPS) is 22.0. The van der Waals surface area contributed by atoms with Crippen molar-refractivity contribution in [3.8, 4) is 0 Å². The lowest BCUT2D eigenvalue weighted by molar-refractivity contribution is 0.0934. The van der Waals surface area contributed by atoms with Crippen LogP contribution in [0, 0.1) is 6.92 Å². The maximum absolute atomic E-state index is 13.4. The maximum Gasteiger partial charge on any atom is 0.290 e. The predicted octanol–water partition coefficient (Wildman–Crippen LogP) is 2.86. The minimum Gasteiger partial charge on any atom is -0.771 e. The largest absolute Gasteiger partial charge is 0.771 e. The number of fused-ring (bicyclic) bond motifs is 2. The highest BCUT2D eigenvalue weighted by atomic mass is 32.2. The zero-order chi connectivity index (χ0) is 30.7. The zero-order valence-corrected chi connectivity index (χ0v) is 26.1. The fraction of sp³-hybridized carbons (Fsp3) is 0.516. The first kappa shape index (κ1) is 28.6. The second-order valence-corrected chi connectivity index (χ2v) is 13.7.